The molecule has 1 aromatic carbocycles. The first-order chi connectivity index (χ1) is 7.25. The highest BCUT2D eigenvalue weighted by Gasteiger charge is 1.99. The van der Waals surface area contributed by atoms with Crippen LogP contribution in [0, 0.1) is 0 Å². The number of nitrogens with one attached hydrogen (secondary N) is 1. The first-order valence-electron chi connectivity index (χ1n) is 4.48. The monoisotopic (exact) mass is 219 g/mol. The molecule has 0 bridgehead atoms. The van der Waals surface area contributed by atoms with Gasteiger partial charge in [0.25, 0.3) is 0 Å². The van der Waals surface area contributed by atoms with Gasteiger partial charge < -0.3 is 11.1 Å². The Bertz CT molecular complexity index is 457. The highest BCUT2D eigenvalue weighted by Crippen LogP contribution is 2.25. The number of nitrogens with two attached hydrogens (primary N) is 1. The summed E-state index contributed by atoms with van der Waals surface area (Å²) in [4.78, 5) is 4.00. The van der Waals surface area contributed by atoms with Gasteiger partial charge in [-0.05, 0) is 30.3 Å². The van der Waals surface area contributed by atoms with E-state index < -0.39 is 0 Å². The molecule has 0 aliphatic rings. The average molecular weight is 220 g/mol. The van der Waals surface area contributed by atoms with Gasteiger partial charge in [-0.1, -0.05) is 11.6 Å². The molecule has 2 rings (SSSR count). The molecule has 0 aliphatic heterocycles. The molecule has 3 nitrogen and oxygen atoms in total. The molecule has 0 fully saturated rings. The Morgan fingerprint density at radius 1 is 1.27 bits per heavy atom. The van der Waals surface area contributed by atoms with Crippen LogP contribution in [0.1, 0.15) is 0 Å². The zero-order valence-corrected chi connectivity index (χ0v) is 8.70. The zero-order valence-electron chi connectivity index (χ0n) is 7.94. The second-order valence-electron chi connectivity index (χ2n) is 3.10. The number of nitrogens with zero attached hydrogens (tertiary/aromatic N) is 1. The Hall–Kier alpha value is -1.74. The molecule has 15 heavy (non-hydrogen) atoms. The van der Waals surface area contributed by atoms with Gasteiger partial charge in [0.15, 0.2) is 0 Å². The van der Waals surface area contributed by atoms with E-state index in [0.717, 1.165) is 11.4 Å². The van der Waals surface area contributed by atoms with Gasteiger partial charge in [-0.15, -0.1) is 0 Å². The number of hydrogen-bond donors (Lipinski definition) is 2. The summed E-state index contributed by atoms with van der Waals surface area (Å²) in [5.74, 6) is 0. The molecule has 0 unspecified atom stereocenters. The Kier molecular flexibility index (Phi) is 2.74. The lowest BCUT2D eigenvalue weighted by Crippen LogP contribution is -1.96. The van der Waals surface area contributed by atoms with Crippen molar-refractivity contribution in [1.82, 2.24) is 4.98 Å². The zero-order chi connectivity index (χ0) is 10.7. The van der Waals surface area contributed by atoms with Gasteiger partial charge in [0, 0.05) is 11.2 Å². The maximum atomic E-state index is 5.80. The van der Waals surface area contributed by atoms with Gasteiger partial charge in [-0.2, -0.15) is 0 Å². The minimum absolute atomic E-state index is 0.617. The largest absolute Gasteiger partial charge is 0.397 e. The minimum Gasteiger partial charge on any atom is -0.397 e. The van der Waals surface area contributed by atoms with Crippen molar-refractivity contribution in [2.24, 2.45) is 0 Å². The third-order valence-corrected chi connectivity index (χ3v) is 2.19. The van der Waals surface area contributed by atoms with E-state index >= 15 is 0 Å². The number of hydrogen-bond acceptors (Lipinski definition) is 3. The van der Waals surface area contributed by atoms with Crippen LogP contribution in [-0.2, 0) is 0 Å². The van der Waals surface area contributed by atoms with E-state index in [1.165, 1.54) is 0 Å². The van der Waals surface area contributed by atoms with Gasteiger partial charge in [-0.3, -0.25) is 4.98 Å². The molecular formula is C11H10ClN3. The van der Waals surface area contributed by atoms with Crippen LogP contribution in [0.15, 0.2) is 42.7 Å². The molecular weight excluding hydrogens is 210 g/mol. The Balaban J connectivity index is 2.25. The predicted octanol–water partition coefficient (Wildman–Crippen LogP) is 3.06. The number of halogens is 1. The summed E-state index contributed by atoms with van der Waals surface area (Å²) in [6, 6.07) is 9.11. The molecule has 0 radical (unpaired) electrons. The molecule has 0 aliphatic carbocycles. The van der Waals surface area contributed by atoms with Crippen LogP contribution >= 0.6 is 11.6 Å². The van der Waals surface area contributed by atoms with Crippen LogP contribution in [0.2, 0.25) is 5.02 Å². The maximum absolute atomic E-state index is 5.80. The van der Waals surface area contributed by atoms with Crippen molar-refractivity contribution in [2.75, 3.05) is 11.1 Å². The van der Waals surface area contributed by atoms with Gasteiger partial charge in [0.1, 0.15) is 0 Å². The highest BCUT2D eigenvalue weighted by atomic mass is 35.5. The van der Waals surface area contributed by atoms with E-state index in [9.17, 15) is 0 Å². The summed E-state index contributed by atoms with van der Waals surface area (Å²) in [7, 11) is 0. The fraction of sp³-hybridized carbons (Fsp3) is 0. The summed E-state index contributed by atoms with van der Waals surface area (Å²) in [6.07, 6.45) is 3.45. The summed E-state index contributed by atoms with van der Waals surface area (Å²) < 4.78 is 0. The summed E-state index contributed by atoms with van der Waals surface area (Å²) in [5.41, 5.74) is 8.14. The van der Waals surface area contributed by atoms with Crippen LogP contribution in [0.4, 0.5) is 17.1 Å². The molecule has 0 amide bonds. The molecule has 0 saturated heterocycles. The Labute approximate surface area is 92.9 Å². The topological polar surface area (TPSA) is 50.9 Å². The third kappa shape index (κ3) is 2.39. The van der Waals surface area contributed by atoms with Crippen molar-refractivity contribution in [3.05, 3.63) is 47.7 Å². The Morgan fingerprint density at radius 2 is 2.13 bits per heavy atom. The molecule has 4 heteroatoms. The quantitative estimate of drug-likeness (QED) is 0.764. The molecule has 0 saturated carbocycles. The van der Waals surface area contributed by atoms with E-state index in [1.54, 1.807) is 24.5 Å². The average Bonchev–Trinajstić information content (AvgIpc) is 2.24. The lowest BCUT2D eigenvalue weighted by molar-refractivity contribution is 1.32. The lowest BCUT2D eigenvalue weighted by Gasteiger charge is -2.08. The Morgan fingerprint density at radius 3 is 2.80 bits per heavy atom. The van der Waals surface area contributed by atoms with Crippen LogP contribution in [0.5, 0.6) is 0 Å². The number of benzene rings is 1. The van der Waals surface area contributed by atoms with Crippen molar-refractivity contribution in [3.63, 3.8) is 0 Å². The maximum Gasteiger partial charge on any atom is 0.0619 e. The first kappa shape index (κ1) is 9.80. The van der Waals surface area contributed by atoms with Crippen molar-refractivity contribution < 1.29 is 0 Å². The van der Waals surface area contributed by atoms with E-state index in [1.807, 2.05) is 18.2 Å². The van der Waals surface area contributed by atoms with Crippen molar-refractivity contribution in [2.45, 2.75) is 0 Å². The van der Waals surface area contributed by atoms with Crippen LogP contribution in [0.3, 0.4) is 0 Å². The number of anilines is 3. The number of pyridine rings is 1. The third-order valence-electron chi connectivity index (χ3n) is 1.95. The van der Waals surface area contributed by atoms with E-state index in [-0.39, 0.29) is 0 Å². The van der Waals surface area contributed by atoms with Crippen molar-refractivity contribution in [3.8, 4) is 0 Å². The molecule has 3 N–H and O–H groups in total. The number of rotatable bonds is 2. The van der Waals surface area contributed by atoms with Crippen molar-refractivity contribution in [1.29, 1.82) is 0 Å². The second kappa shape index (κ2) is 4.19. The second-order valence-corrected chi connectivity index (χ2v) is 3.53. The van der Waals surface area contributed by atoms with Crippen molar-refractivity contribution >= 4 is 28.7 Å². The normalized spacial score (nSPS) is 9.93. The van der Waals surface area contributed by atoms with Crippen LogP contribution < -0.4 is 11.1 Å². The van der Waals surface area contributed by atoms with Crippen LogP contribution in [0.25, 0.3) is 0 Å². The molecule has 76 valence electrons. The summed E-state index contributed by atoms with van der Waals surface area (Å²) in [5, 5.41) is 3.78. The number of nitrogen functional groups attached to an aromatic ring is 1. The fourth-order valence-electron chi connectivity index (χ4n) is 1.24. The molecule has 0 spiro atoms. The van der Waals surface area contributed by atoms with Gasteiger partial charge in [-0.25, -0.2) is 0 Å². The molecule has 1 heterocycles. The fourth-order valence-corrected chi connectivity index (χ4v) is 1.42. The molecule has 1 aromatic heterocycles. The van der Waals surface area contributed by atoms with Gasteiger partial charge >= 0.3 is 0 Å². The van der Waals surface area contributed by atoms with Gasteiger partial charge in [0.2, 0.25) is 0 Å². The molecule has 2 aromatic rings. The predicted molar refractivity (Wildman–Crippen MR) is 63.4 cm³/mol. The minimum atomic E-state index is 0.617. The first-order valence-corrected chi connectivity index (χ1v) is 4.85. The van der Waals surface area contributed by atoms with E-state index in [0.29, 0.717) is 10.7 Å². The standard InChI is InChI=1S/C11H10ClN3/c12-8-3-4-11(10(13)6-8)15-9-2-1-5-14-7-9/h1-7,15H,13H2. The number of aromatic nitrogens is 1. The summed E-state index contributed by atoms with van der Waals surface area (Å²) in [6.45, 7) is 0. The summed E-state index contributed by atoms with van der Waals surface area (Å²) >= 11 is 5.80. The SMILES string of the molecule is Nc1cc(Cl)ccc1Nc1cccnc1. The molecule has 0 atom stereocenters. The highest BCUT2D eigenvalue weighted by molar-refractivity contribution is 6.31. The van der Waals surface area contributed by atoms with E-state index in [4.69, 9.17) is 17.3 Å². The van der Waals surface area contributed by atoms with Gasteiger partial charge in [0.05, 0.1) is 23.3 Å². The lowest BCUT2D eigenvalue weighted by atomic mass is 10.2. The van der Waals surface area contributed by atoms with E-state index in [2.05, 4.69) is 10.3 Å². The van der Waals surface area contributed by atoms with Crippen LogP contribution in [-0.4, -0.2) is 4.98 Å². The smallest absolute Gasteiger partial charge is 0.0619 e.